The van der Waals surface area contributed by atoms with Crippen molar-refractivity contribution in [3.63, 3.8) is 0 Å². The Morgan fingerprint density at radius 3 is 2.38 bits per heavy atom. The van der Waals surface area contributed by atoms with Crippen molar-refractivity contribution in [1.29, 1.82) is 0 Å². The molecule has 1 amide bonds. The predicted octanol–water partition coefficient (Wildman–Crippen LogP) is 2.82. The average molecular weight is 244 g/mol. The highest BCUT2D eigenvalue weighted by molar-refractivity contribution is 6.18. The Labute approximate surface area is 99.8 Å². The second-order valence-corrected chi connectivity index (χ2v) is 4.29. The fourth-order valence-electron chi connectivity index (χ4n) is 1.24. The van der Waals surface area contributed by atoms with Gasteiger partial charge in [-0.3, -0.25) is 4.79 Å². The Balaban J connectivity index is 2.68. The molecule has 16 heavy (non-hydrogen) atoms. The van der Waals surface area contributed by atoms with Crippen molar-refractivity contribution >= 4 is 17.5 Å². The molecule has 0 fully saturated rings. The Morgan fingerprint density at radius 2 is 1.94 bits per heavy atom. The molecule has 4 heteroatoms. The molecule has 88 valence electrons. The van der Waals surface area contributed by atoms with Gasteiger partial charge < -0.3 is 5.32 Å². The Morgan fingerprint density at radius 1 is 1.38 bits per heavy atom. The van der Waals surface area contributed by atoms with Crippen LogP contribution in [0.15, 0.2) is 24.3 Å². The molecule has 1 aromatic rings. The molecule has 1 unspecified atom stereocenters. The van der Waals surface area contributed by atoms with E-state index >= 15 is 0 Å². The Hall–Kier alpha value is -1.09. The van der Waals surface area contributed by atoms with Gasteiger partial charge in [-0.25, -0.2) is 4.39 Å². The summed E-state index contributed by atoms with van der Waals surface area (Å²) in [7, 11) is 0. The molecule has 0 radical (unpaired) electrons. The fourth-order valence-corrected chi connectivity index (χ4v) is 1.67. The molecule has 0 aliphatic carbocycles. The number of amides is 1. The molecule has 0 aliphatic heterocycles. The number of benzene rings is 1. The van der Waals surface area contributed by atoms with Crippen LogP contribution in [0.1, 0.15) is 24.2 Å². The van der Waals surface area contributed by atoms with Crippen molar-refractivity contribution in [1.82, 2.24) is 5.32 Å². The molecule has 0 aliphatic rings. The van der Waals surface area contributed by atoms with Gasteiger partial charge >= 0.3 is 0 Å². The maximum atomic E-state index is 12.7. The monoisotopic (exact) mass is 243 g/mol. The number of halogens is 2. The molecular weight excluding hydrogens is 229 g/mol. The van der Waals surface area contributed by atoms with E-state index in [9.17, 15) is 9.18 Å². The first kappa shape index (κ1) is 13.0. The van der Waals surface area contributed by atoms with Crippen molar-refractivity contribution in [2.45, 2.75) is 19.9 Å². The van der Waals surface area contributed by atoms with Gasteiger partial charge in [-0.15, -0.1) is 11.6 Å². The summed E-state index contributed by atoms with van der Waals surface area (Å²) in [6.45, 7) is 3.97. The molecule has 0 saturated carbocycles. The lowest BCUT2D eigenvalue weighted by molar-refractivity contribution is 0.0931. The van der Waals surface area contributed by atoms with Crippen LogP contribution >= 0.6 is 11.6 Å². The van der Waals surface area contributed by atoms with E-state index in [1.165, 1.54) is 24.3 Å². The molecule has 2 nitrogen and oxygen atoms in total. The third-order valence-corrected chi connectivity index (χ3v) is 2.73. The summed E-state index contributed by atoms with van der Waals surface area (Å²) in [6.07, 6.45) is 0. The third kappa shape index (κ3) is 3.49. The number of nitrogens with one attached hydrogen (secondary N) is 1. The van der Waals surface area contributed by atoms with E-state index in [0.29, 0.717) is 11.4 Å². The summed E-state index contributed by atoms with van der Waals surface area (Å²) in [4.78, 5) is 11.7. The predicted molar refractivity (Wildman–Crippen MR) is 63.2 cm³/mol. The van der Waals surface area contributed by atoms with Crippen LogP contribution in [0.5, 0.6) is 0 Å². The second-order valence-electron chi connectivity index (χ2n) is 3.99. The number of rotatable bonds is 4. The van der Waals surface area contributed by atoms with E-state index in [4.69, 9.17) is 11.6 Å². The lowest BCUT2D eigenvalue weighted by Crippen LogP contribution is -2.39. The van der Waals surface area contributed by atoms with Crippen molar-refractivity contribution in [3.8, 4) is 0 Å². The van der Waals surface area contributed by atoms with Crippen LogP contribution in [0, 0.1) is 11.7 Å². The molecule has 1 atom stereocenters. The van der Waals surface area contributed by atoms with E-state index in [1.807, 2.05) is 13.8 Å². The van der Waals surface area contributed by atoms with Gasteiger partial charge in [0.1, 0.15) is 5.82 Å². The van der Waals surface area contributed by atoms with E-state index in [1.54, 1.807) is 0 Å². The summed E-state index contributed by atoms with van der Waals surface area (Å²) < 4.78 is 12.7. The Kier molecular flexibility index (Phi) is 4.74. The number of carbonyl (C=O) groups is 1. The van der Waals surface area contributed by atoms with E-state index in [0.717, 1.165) is 0 Å². The highest BCUT2D eigenvalue weighted by Crippen LogP contribution is 2.07. The minimum Gasteiger partial charge on any atom is -0.348 e. The fraction of sp³-hybridized carbons (Fsp3) is 0.417. The summed E-state index contributed by atoms with van der Waals surface area (Å²) >= 11 is 5.74. The minimum atomic E-state index is -0.352. The van der Waals surface area contributed by atoms with Crippen molar-refractivity contribution in [3.05, 3.63) is 35.6 Å². The van der Waals surface area contributed by atoms with Crippen molar-refractivity contribution in [2.24, 2.45) is 5.92 Å². The van der Waals surface area contributed by atoms with Gasteiger partial charge in [-0.05, 0) is 30.2 Å². The largest absolute Gasteiger partial charge is 0.348 e. The first-order valence-corrected chi connectivity index (χ1v) is 5.70. The summed E-state index contributed by atoms with van der Waals surface area (Å²) in [6, 6.07) is 5.37. The smallest absolute Gasteiger partial charge is 0.251 e. The van der Waals surface area contributed by atoms with Gasteiger partial charge in [0.05, 0.1) is 0 Å². The lowest BCUT2D eigenvalue weighted by Gasteiger charge is -2.19. The van der Waals surface area contributed by atoms with Gasteiger partial charge in [0.25, 0.3) is 5.91 Å². The van der Waals surface area contributed by atoms with Crippen LogP contribution in [-0.2, 0) is 0 Å². The van der Waals surface area contributed by atoms with E-state index in [-0.39, 0.29) is 23.7 Å². The highest BCUT2D eigenvalue weighted by atomic mass is 35.5. The SMILES string of the molecule is CC(C)C(CCl)NC(=O)c1ccc(F)cc1. The van der Waals surface area contributed by atoms with Gasteiger partial charge in [-0.2, -0.15) is 0 Å². The third-order valence-electron chi connectivity index (χ3n) is 2.39. The summed E-state index contributed by atoms with van der Waals surface area (Å²) in [5.74, 6) is 0.0560. The Bertz CT molecular complexity index is 351. The molecule has 1 rings (SSSR count). The van der Waals surface area contributed by atoms with E-state index in [2.05, 4.69) is 5.32 Å². The van der Waals surface area contributed by atoms with Crippen LogP contribution in [0.3, 0.4) is 0 Å². The van der Waals surface area contributed by atoms with Crippen LogP contribution in [-0.4, -0.2) is 17.8 Å². The normalized spacial score (nSPS) is 12.6. The number of alkyl halides is 1. The van der Waals surface area contributed by atoms with Gasteiger partial charge in [-0.1, -0.05) is 13.8 Å². The van der Waals surface area contributed by atoms with Crippen molar-refractivity contribution in [2.75, 3.05) is 5.88 Å². The quantitative estimate of drug-likeness (QED) is 0.810. The molecule has 1 N–H and O–H groups in total. The van der Waals surface area contributed by atoms with Gasteiger partial charge in [0.15, 0.2) is 0 Å². The molecule has 0 aromatic heterocycles. The number of carbonyl (C=O) groups excluding carboxylic acids is 1. The second kappa shape index (κ2) is 5.85. The van der Waals surface area contributed by atoms with Gasteiger partial charge in [0.2, 0.25) is 0 Å². The van der Waals surface area contributed by atoms with Crippen LogP contribution in [0.2, 0.25) is 0 Å². The molecule has 0 saturated heterocycles. The van der Waals surface area contributed by atoms with Crippen LogP contribution in [0.4, 0.5) is 4.39 Å². The first-order valence-electron chi connectivity index (χ1n) is 5.17. The van der Waals surface area contributed by atoms with Gasteiger partial charge in [0, 0.05) is 17.5 Å². The zero-order chi connectivity index (χ0) is 12.1. The summed E-state index contributed by atoms with van der Waals surface area (Å²) in [5.41, 5.74) is 0.442. The standard InChI is InChI=1S/C12H15ClFNO/c1-8(2)11(7-13)15-12(16)9-3-5-10(14)6-4-9/h3-6,8,11H,7H2,1-2H3,(H,15,16). The zero-order valence-electron chi connectivity index (χ0n) is 9.34. The number of hydrogen-bond acceptors (Lipinski definition) is 1. The highest BCUT2D eigenvalue weighted by Gasteiger charge is 2.15. The van der Waals surface area contributed by atoms with Crippen molar-refractivity contribution < 1.29 is 9.18 Å². The summed E-state index contributed by atoms with van der Waals surface area (Å²) in [5, 5.41) is 2.81. The molecule has 1 aromatic carbocycles. The van der Waals surface area contributed by atoms with E-state index < -0.39 is 0 Å². The molecular formula is C12H15ClFNO. The maximum absolute atomic E-state index is 12.7. The molecule has 0 heterocycles. The topological polar surface area (TPSA) is 29.1 Å². The number of hydrogen-bond donors (Lipinski definition) is 1. The molecule has 0 bridgehead atoms. The zero-order valence-corrected chi connectivity index (χ0v) is 10.1. The first-order chi connectivity index (χ1) is 7.54. The van der Waals surface area contributed by atoms with Crippen LogP contribution in [0.25, 0.3) is 0 Å². The van der Waals surface area contributed by atoms with Crippen LogP contribution < -0.4 is 5.32 Å². The average Bonchev–Trinajstić information content (AvgIpc) is 2.26. The molecule has 0 spiro atoms. The minimum absolute atomic E-state index is 0.0702. The maximum Gasteiger partial charge on any atom is 0.251 e. The lowest BCUT2D eigenvalue weighted by atomic mass is 10.1.